The van der Waals surface area contributed by atoms with E-state index in [1.165, 1.54) is 63.9 Å². The van der Waals surface area contributed by atoms with Gasteiger partial charge in [-0.25, -0.2) is 14.6 Å². The summed E-state index contributed by atoms with van der Waals surface area (Å²) in [5.74, 6) is -0.172. The van der Waals surface area contributed by atoms with Crippen LogP contribution >= 0.6 is 0 Å². The second-order valence-corrected chi connectivity index (χ2v) is 6.58. The van der Waals surface area contributed by atoms with Crippen LogP contribution in [-0.4, -0.2) is 39.4 Å². The molecule has 0 saturated carbocycles. The van der Waals surface area contributed by atoms with Crippen LogP contribution in [0.3, 0.4) is 0 Å². The predicted molar refractivity (Wildman–Crippen MR) is 119 cm³/mol. The molecule has 8 nitrogen and oxygen atoms in total. The predicted octanol–water partition coefficient (Wildman–Crippen LogP) is 3.83. The summed E-state index contributed by atoms with van der Waals surface area (Å²) in [6.45, 7) is 0. The Morgan fingerprint density at radius 3 is 2.00 bits per heavy atom. The molecule has 0 fully saturated rings. The molecule has 0 bridgehead atoms. The molecule has 0 unspecified atom stereocenters. The average Bonchev–Trinajstić information content (AvgIpc) is 2.84. The highest BCUT2D eigenvalue weighted by Gasteiger charge is 2.18. The largest absolute Gasteiger partial charge is 0.493 e. The van der Waals surface area contributed by atoms with Crippen molar-refractivity contribution in [2.24, 2.45) is 5.10 Å². The van der Waals surface area contributed by atoms with Gasteiger partial charge in [0.2, 0.25) is 5.75 Å². The van der Waals surface area contributed by atoms with Gasteiger partial charge in [0.25, 0.3) is 5.91 Å². The minimum atomic E-state index is -0.609. The van der Waals surface area contributed by atoms with E-state index >= 15 is 0 Å². The fraction of sp³-hybridized carbons (Fsp3) is 0.125. The molecule has 33 heavy (non-hydrogen) atoms. The summed E-state index contributed by atoms with van der Waals surface area (Å²) in [6.07, 6.45) is 1.42. The number of carbonyl (C=O) groups is 2. The van der Waals surface area contributed by atoms with Gasteiger partial charge in [0.1, 0.15) is 11.6 Å². The number of rotatable bonds is 8. The Kier molecular flexibility index (Phi) is 7.59. The van der Waals surface area contributed by atoms with Crippen molar-refractivity contribution in [1.82, 2.24) is 5.43 Å². The van der Waals surface area contributed by atoms with Gasteiger partial charge in [-0.15, -0.1) is 0 Å². The first-order chi connectivity index (χ1) is 15.9. The molecular weight excluding hydrogens is 431 g/mol. The number of esters is 1. The van der Waals surface area contributed by atoms with Crippen molar-refractivity contribution in [3.8, 4) is 23.0 Å². The van der Waals surface area contributed by atoms with Gasteiger partial charge in [0.15, 0.2) is 11.5 Å². The number of nitrogens with zero attached hydrogens (tertiary/aromatic N) is 1. The summed E-state index contributed by atoms with van der Waals surface area (Å²) >= 11 is 0. The average molecular weight is 452 g/mol. The second-order valence-electron chi connectivity index (χ2n) is 6.58. The number of hydrazone groups is 1. The Balaban J connectivity index is 1.63. The van der Waals surface area contributed by atoms with E-state index in [-0.39, 0.29) is 11.1 Å². The SMILES string of the molecule is COc1cc(C(=O)Oc2ccc(C=NNC(=O)c3ccc(F)cc3)cc2)cc(OC)c1OC. The molecule has 9 heteroatoms. The number of methoxy groups -OCH3 is 3. The van der Waals surface area contributed by atoms with Crippen LogP contribution in [0.15, 0.2) is 65.8 Å². The van der Waals surface area contributed by atoms with Crippen molar-refractivity contribution in [3.63, 3.8) is 0 Å². The first-order valence-electron chi connectivity index (χ1n) is 9.66. The van der Waals surface area contributed by atoms with Crippen LogP contribution in [-0.2, 0) is 0 Å². The zero-order chi connectivity index (χ0) is 23.8. The van der Waals surface area contributed by atoms with E-state index in [0.717, 1.165) is 0 Å². The highest BCUT2D eigenvalue weighted by atomic mass is 19.1. The minimum Gasteiger partial charge on any atom is -0.493 e. The van der Waals surface area contributed by atoms with Gasteiger partial charge in [-0.1, -0.05) is 0 Å². The van der Waals surface area contributed by atoms with E-state index in [4.69, 9.17) is 18.9 Å². The van der Waals surface area contributed by atoms with Crippen molar-refractivity contribution >= 4 is 18.1 Å². The lowest BCUT2D eigenvalue weighted by Crippen LogP contribution is -2.17. The lowest BCUT2D eigenvalue weighted by Gasteiger charge is -2.13. The summed E-state index contributed by atoms with van der Waals surface area (Å²) in [7, 11) is 4.38. The molecule has 0 spiro atoms. The van der Waals surface area contributed by atoms with Crippen molar-refractivity contribution in [3.05, 3.63) is 83.2 Å². The van der Waals surface area contributed by atoms with Crippen LogP contribution in [0.25, 0.3) is 0 Å². The Labute approximate surface area is 189 Å². The molecule has 3 aromatic rings. The first kappa shape index (κ1) is 23.3. The van der Waals surface area contributed by atoms with Crippen LogP contribution < -0.4 is 24.4 Å². The number of amides is 1. The molecule has 0 saturated heterocycles. The van der Waals surface area contributed by atoms with E-state index in [0.29, 0.717) is 28.6 Å². The maximum absolute atomic E-state index is 12.9. The highest BCUT2D eigenvalue weighted by molar-refractivity contribution is 5.95. The topological polar surface area (TPSA) is 95.5 Å². The molecule has 3 aromatic carbocycles. The number of carbonyl (C=O) groups excluding carboxylic acids is 2. The number of halogens is 1. The van der Waals surface area contributed by atoms with Crippen LogP contribution in [0.4, 0.5) is 4.39 Å². The number of hydrogen-bond acceptors (Lipinski definition) is 7. The van der Waals surface area contributed by atoms with Crippen molar-refractivity contribution in [1.29, 1.82) is 0 Å². The zero-order valence-corrected chi connectivity index (χ0v) is 18.1. The molecule has 170 valence electrons. The van der Waals surface area contributed by atoms with Gasteiger partial charge < -0.3 is 18.9 Å². The number of nitrogens with one attached hydrogen (secondary N) is 1. The Bertz CT molecular complexity index is 1140. The van der Waals surface area contributed by atoms with E-state index in [2.05, 4.69) is 10.5 Å². The summed E-state index contributed by atoms with van der Waals surface area (Å²) in [5.41, 5.74) is 3.51. The third-order valence-corrected chi connectivity index (χ3v) is 4.48. The lowest BCUT2D eigenvalue weighted by molar-refractivity contribution is 0.0733. The number of hydrogen-bond donors (Lipinski definition) is 1. The molecule has 0 aliphatic rings. The number of ether oxygens (including phenoxy) is 4. The maximum Gasteiger partial charge on any atom is 0.343 e. The summed E-state index contributed by atoms with van der Waals surface area (Å²) < 4.78 is 34.1. The fourth-order valence-electron chi connectivity index (χ4n) is 2.82. The summed E-state index contributed by atoms with van der Waals surface area (Å²) in [6, 6.07) is 14.6. The van der Waals surface area contributed by atoms with Crippen LogP contribution in [0.5, 0.6) is 23.0 Å². The van der Waals surface area contributed by atoms with Crippen molar-refractivity contribution in [2.45, 2.75) is 0 Å². The maximum atomic E-state index is 12.9. The van der Waals surface area contributed by atoms with Gasteiger partial charge in [-0.05, 0) is 66.2 Å². The molecule has 0 heterocycles. The van der Waals surface area contributed by atoms with Gasteiger partial charge >= 0.3 is 5.97 Å². The second kappa shape index (κ2) is 10.8. The van der Waals surface area contributed by atoms with Crippen molar-refractivity contribution < 1.29 is 32.9 Å². The molecule has 0 aromatic heterocycles. The molecule has 1 amide bonds. The van der Waals surface area contributed by atoms with Gasteiger partial charge in [0, 0.05) is 5.56 Å². The quantitative estimate of drug-likeness (QED) is 0.242. The van der Waals surface area contributed by atoms with E-state index in [1.807, 2.05) is 0 Å². The van der Waals surface area contributed by atoms with Crippen LogP contribution in [0, 0.1) is 5.82 Å². The Morgan fingerprint density at radius 2 is 1.45 bits per heavy atom. The standard InChI is InChI=1S/C24H21FN2O6/c1-30-20-12-17(13-21(31-2)22(20)32-3)24(29)33-19-10-4-15(5-11-19)14-26-27-23(28)16-6-8-18(25)9-7-16/h4-14H,1-3H3,(H,27,28). The summed E-state index contributed by atoms with van der Waals surface area (Å²) in [4.78, 5) is 24.5. The van der Waals surface area contributed by atoms with E-state index in [9.17, 15) is 14.0 Å². The smallest absolute Gasteiger partial charge is 0.343 e. The third-order valence-electron chi connectivity index (χ3n) is 4.48. The van der Waals surface area contributed by atoms with Crippen LogP contribution in [0.2, 0.25) is 0 Å². The normalized spacial score (nSPS) is 10.5. The van der Waals surface area contributed by atoms with Crippen molar-refractivity contribution in [2.75, 3.05) is 21.3 Å². The monoisotopic (exact) mass is 452 g/mol. The molecule has 0 aliphatic carbocycles. The molecule has 0 aliphatic heterocycles. The lowest BCUT2D eigenvalue weighted by atomic mass is 10.2. The molecule has 0 atom stereocenters. The molecule has 1 N–H and O–H groups in total. The number of benzene rings is 3. The first-order valence-corrected chi connectivity index (χ1v) is 9.66. The molecule has 3 rings (SSSR count). The molecular formula is C24H21FN2O6. The van der Waals surface area contributed by atoms with Gasteiger partial charge in [-0.2, -0.15) is 5.10 Å². The Hall–Kier alpha value is -4.40. The van der Waals surface area contributed by atoms with Gasteiger partial charge in [-0.3, -0.25) is 4.79 Å². The van der Waals surface area contributed by atoms with E-state index in [1.54, 1.807) is 24.3 Å². The van der Waals surface area contributed by atoms with Gasteiger partial charge in [0.05, 0.1) is 33.1 Å². The Morgan fingerprint density at radius 1 is 0.848 bits per heavy atom. The third kappa shape index (κ3) is 5.85. The highest BCUT2D eigenvalue weighted by Crippen LogP contribution is 2.38. The zero-order valence-electron chi connectivity index (χ0n) is 18.1. The summed E-state index contributed by atoms with van der Waals surface area (Å²) in [5, 5.41) is 3.87. The minimum absolute atomic E-state index is 0.221. The van der Waals surface area contributed by atoms with Crippen LogP contribution in [0.1, 0.15) is 26.3 Å². The molecule has 0 radical (unpaired) electrons. The van der Waals surface area contributed by atoms with E-state index < -0.39 is 17.7 Å². The fourth-order valence-corrected chi connectivity index (χ4v) is 2.82.